The van der Waals surface area contributed by atoms with E-state index in [-0.39, 0.29) is 17.8 Å². The molecule has 0 amide bonds. The van der Waals surface area contributed by atoms with E-state index < -0.39 is 17.8 Å². The van der Waals surface area contributed by atoms with Crippen LogP contribution in [0.3, 0.4) is 0 Å². The quantitative estimate of drug-likeness (QED) is 0.458. The third-order valence-corrected chi connectivity index (χ3v) is 5.84. The van der Waals surface area contributed by atoms with Gasteiger partial charge in [-0.1, -0.05) is 32.0 Å². The number of ketones is 1. The summed E-state index contributed by atoms with van der Waals surface area (Å²) in [6.07, 6.45) is 2.18. The summed E-state index contributed by atoms with van der Waals surface area (Å²) in [5.41, 5.74) is 3.90. The van der Waals surface area contributed by atoms with Gasteiger partial charge in [0.05, 0.1) is 18.8 Å². The molecule has 2 atom stereocenters. The molecule has 0 saturated heterocycles. The van der Waals surface area contributed by atoms with E-state index in [0.717, 1.165) is 35.1 Å². The molecule has 3 rings (SSSR count). The zero-order chi connectivity index (χ0) is 22.7. The van der Waals surface area contributed by atoms with Gasteiger partial charge in [0.25, 0.3) is 0 Å². The second-order valence-electron chi connectivity index (χ2n) is 8.65. The molecule has 0 spiro atoms. The van der Waals surface area contributed by atoms with Crippen LogP contribution in [0, 0.1) is 5.92 Å². The first-order valence-electron chi connectivity index (χ1n) is 10.8. The molecule has 2 aromatic rings. The molecule has 5 nitrogen and oxygen atoms in total. The van der Waals surface area contributed by atoms with Gasteiger partial charge in [0, 0.05) is 17.4 Å². The molecule has 0 fully saturated rings. The number of carbonyl (C=O) groups is 3. The Morgan fingerprint density at radius 1 is 1.10 bits per heavy atom. The lowest BCUT2D eigenvalue weighted by atomic mass is 9.73. The number of hydrogen-bond acceptors (Lipinski definition) is 5. The summed E-state index contributed by atoms with van der Waals surface area (Å²) in [5.74, 6) is -0.446. The van der Waals surface area contributed by atoms with E-state index >= 15 is 0 Å². The molecule has 31 heavy (non-hydrogen) atoms. The molecule has 5 heteroatoms. The topological polar surface area (TPSA) is 69.7 Å². The number of esters is 1. The normalized spacial score (nSPS) is 16.7. The fraction of sp³-hybridized carbons (Fsp3) is 0.423. The standard InChI is InChI=1S/C26H30O5/c1-15(2)21-12-19-10-11-20(25(28)22(19)13-24(21)31-16(3)4)23(14-27)17-6-8-18(9-7-17)26(29)30-5/h6-9,12-16,20,23H,10-11H2,1-5H3. The summed E-state index contributed by atoms with van der Waals surface area (Å²) < 4.78 is 10.7. The molecule has 2 aromatic carbocycles. The zero-order valence-electron chi connectivity index (χ0n) is 18.8. The summed E-state index contributed by atoms with van der Waals surface area (Å²) >= 11 is 0. The van der Waals surface area contributed by atoms with Crippen LogP contribution in [0.5, 0.6) is 5.75 Å². The Labute approximate surface area is 183 Å². The summed E-state index contributed by atoms with van der Waals surface area (Å²) in [6, 6.07) is 10.7. The lowest BCUT2D eigenvalue weighted by Gasteiger charge is -2.29. The van der Waals surface area contributed by atoms with E-state index in [1.54, 1.807) is 24.3 Å². The van der Waals surface area contributed by atoms with E-state index in [1.165, 1.54) is 7.11 Å². The molecule has 0 radical (unpaired) electrons. The SMILES string of the molecule is COC(=O)c1ccc(C(C=O)C2CCc3cc(C(C)C)c(OC(C)C)cc3C2=O)cc1. The Morgan fingerprint density at radius 3 is 2.32 bits per heavy atom. The number of aldehydes is 1. The first-order valence-corrected chi connectivity index (χ1v) is 10.8. The molecule has 0 aliphatic heterocycles. The summed E-state index contributed by atoms with van der Waals surface area (Å²) in [6.45, 7) is 8.16. The Morgan fingerprint density at radius 2 is 1.77 bits per heavy atom. The minimum atomic E-state index is -0.563. The Kier molecular flexibility index (Phi) is 6.94. The molecule has 1 aliphatic carbocycles. The van der Waals surface area contributed by atoms with Gasteiger partial charge in [-0.2, -0.15) is 0 Å². The maximum absolute atomic E-state index is 13.4. The number of carbonyl (C=O) groups excluding carboxylic acids is 3. The molecule has 0 heterocycles. The minimum absolute atomic E-state index is 0.00101. The second kappa shape index (κ2) is 9.46. The van der Waals surface area contributed by atoms with Crippen molar-refractivity contribution in [2.45, 2.75) is 58.5 Å². The van der Waals surface area contributed by atoms with Crippen molar-refractivity contribution in [3.05, 3.63) is 64.2 Å². The van der Waals surface area contributed by atoms with Gasteiger partial charge in [-0.15, -0.1) is 0 Å². The molecule has 164 valence electrons. The van der Waals surface area contributed by atoms with Crippen molar-refractivity contribution in [2.75, 3.05) is 7.11 Å². The number of methoxy groups -OCH3 is 1. The van der Waals surface area contributed by atoms with Gasteiger partial charge in [0.15, 0.2) is 5.78 Å². The van der Waals surface area contributed by atoms with Gasteiger partial charge in [0.1, 0.15) is 12.0 Å². The predicted molar refractivity (Wildman–Crippen MR) is 119 cm³/mol. The number of rotatable bonds is 7. The van der Waals surface area contributed by atoms with Gasteiger partial charge in [-0.25, -0.2) is 4.79 Å². The monoisotopic (exact) mass is 422 g/mol. The van der Waals surface area contributed by atoms with E-state index in [9.17, 15) is 14.4 Å². The molecule has 0 saturated carbocycles. The van der Waals surface area contributed by atoms with Gasteiger partial charge in [-0.05, 0) is 67.5 Å². The summed E-state index contributed by atoms with van der Waals surface area (Å²) in [4.78, 5) is 37.1. The minimum Gasteiger partial charge on any atom is -0.491 e. The Bertz CT molecular complexity index is 972. The smallest absolute Gasteiger partial charge is 0.337 e. The average molecular weight is 423 g/mol. The molecular weight excluding hydrogens is 392 g/mol. The molecule has 0 bridgehead atoms. The maximum atomic E-state index is 13.4. The lowest BCUT2D eigenvalue weighted by molar-refractivity contribution is -0.109. The lowest BCUT2D eigenvalue weighted by Crippen LogP contribution is -2.29. The maximum Gasteiger partial charge on any atom is 0.337 e. The zero-order valence-corrected chi connectivity index (χ0v) is 18.8. The summed E-state index contributed by atoms with van der Waals surface area (Å²) in [5, 5.41) is 0. The average Bonchev–Trinajstić information content (AvgIpc) is 2.75. The second-order valence-corrected chi connectivity index (χ2v) is 8.65. The van der Waals surface area contributed by atoms with Crippen LogP contribution in [0.15, 0.2) is 36.4 Å². The predicted octanol–water partition coefficient (Wildman–Crippen LogP) is 5.11. The highest BCUT2D eigenvalue weighted by Crippen LogP contribution is 2.39. The van der Waals surface area contributed by atoms with Crippen LogP contribution < -0.4 is 4.74 Å². The van der Waals surface area contributed by atoms with E-state index in [0.29, 0.717) is 17.5 Å². The van der Waals surface area contributed by atoms with Crippen molar-refractivity contribution in [1.29, 1.82) is 0 Å². The molecular formula is C26H30O5. The van der Waals surface area contributed by atoms with Crippen molar-refractivity contribution >= 4 is 18.0 Å². The molecule has 0 aromatic heterocycles. The third kappa shape index (κ3) is 4.71. The van der Waals surface area contributed by atoms with E-state index in [2.05, 4.69) is 19.9 Å². The Balaban J connectivity index is 1.94. The van der Waals surface area contributed by atoms with Crippen LogP contribution >= 0.6 is 0 Å². The first-order chi connectivity index (χ1) is 14.8. The number of Topliss-reactive ketones (excluding diaryl/α,β-unsaturated/α-hetero) is 1. The first kappa shape index (κ1) is 22.7. The van der Waals surface area contributed by atoms with Crippen molar-refractivity contribution in [3.63, 3.8) is 0 Å². The van der Waals surface area contributed by atoms with E-state index in [4.69, 9.17) is 9.47 Å². The van der Waals surface area contributed by atoms with Crippen LogP contribution in [0.2, 0.25) is 0 Å². The summed E-state index contributed by atoms with van der Waals surface area (Å²) in [7, 11) is 1.32. The van der Waals surface area contributed by atoms with Crippen LogP contribution in [0.4, 0.5) is 0 Å². The van der Waals surface area contributed by atoms with Gasteiger partial charge >= 0.3 is 5.97 Å². The fourth-order valence-electron chi connectivity index (χ4n) is 4.24. The third-order valence-electron chi connectivity index (χ3n) is 5.84. The van der Waals surface area contributed by atoms with E-state index in [1.807, 2.05) is 19.9 Å². The van der Waals surface area contributed by atoms with Crippen molar-refractivity contribution in [2.24, 2.45) is 5.92 Å². The highest BCUT2D eigenvalue weighted by atomic mass is 16.5. The van der Waals surface area contributed by atoms with Crippen molar-refractivity contribution in [3.8, 4) is 5.75 Å². The highest BCUT2D eigenvalue weighted by molar-refractivity contribution is 6.02. The van der Waals surface area contributed by atoms with Gasteiger partial charge in [-0.3, -0.25) is 4.79 Å². The van der Waals surface area contributed by atoms with Crippen LogP contribution in [-0.2, 0) is 16.0 Å². The largest absolute Gasteiger partial charge is 0.491 e. The van der Waals surface area contributed by atoms with Crippen LogP contribution in [0.25, 0.3) is 0 Å². The highest BCUT2D eigenvalue weighted by Gasteiger charge is 2.35. The van der Waals surface area contributed by atoms with Crippen molar-refractivity contribution in [1.82, 2.24) is 0 Å². The van der Waals surface area contributed by atoms with Gasteiger partial charge < -0.3 is 14.3 Å². The number of hydrogen-bond donors (Lipinski definition) is 0. The van der Waals surface area contributed by atoms with Gasteiger partial charge in [0.2, 0.25) is 0 Å². The number of fused-ring (bicyclic) bond motifs is 1. The molecule has 1 aliphatic rings. The molecule has 0 N–H and O–H groups in total. The molecule has 2 unspecified atom stereocenters. The van der Waals surface area contributed by atoms with Crippen LogP contribution in [-0.4, -0.2) is 31.3 Å². The number of benzene rings is 2. The number of ether oxygens (including phenoxy) is 2. The van der Waals surface area contributed by atoms with Crippen molar-refractivity contribution < 1.29 is 23.9 Å². The fourth-order valence-corrected chi connectivity index (χ4v) is 4.24. The number of aryl methyl sites for hydroxylation is 1. The van der Waals surface area contributed by atoms with Crippen LogP contribution in [0.1, 0.15) is 83.4 Å². The Hall–Kier alpha value is -2.95.